The average molecular weight is 258 g/mol. The van der Waals surface area contributed by atoms with Crippen LogP contribution in [0.15, 0.2) is 0 Å². The second-order valence-corrected chi connectivity index (χ2v) is 5.06. The van der Waals surface area contributed by atoms with Gasteiger partial charge >= 0.3 is 6.16 Å². The number of carbonyl (C=O) groups is 1. The molecule has 0 aromatic rings. The molecular weight excluding hydrogens is 236 g/mol. The van der Waals surface area contributed by atoms with E-state index in [0.29, 0.717) is 0 Å². The summed E-state index contributed by atoms with van der Waals surface area (Å²) < 4.78 is 9.27. The predicted octanol–water partition coefficient (Wildman–Crippen LogP) is 2.69. The fourth-order valence-electron chi connectivity index (χ4n) is 0.753. The first-order chi connectivity index (χ1) is 8.16. The minimum absolute atomic E-state index is 0.0405. The van der Waals surface area contributed by atoms with E-state index in [1.165, 1.54) is 0 Å². The first-order valence-corrected chi connectivity index (χ1v) is 5.83. The van der Waals surface area contributed by atoms with Crippen molar-refractivity contribution in [3.63, 3.8) is 0 Å². The van der Waals surface area contributed by atoms with Crippen LogP contribution in [0.25, 0.3) is 0 Å². The summed E-state index contributed by atoms with van der Waals surface area (Å²) in [5.41, 5.74) is -1.17. The zero-order chi connectivity index (χ0) is 14.2. The highest BCUT2D eigenvalue weighted by Crippen LogP contribution is 2.15. The van der Waals surface area contributed by atoms with Gasteiger partial charge in [0.2, 0.25) is 0 Å². The van der Waals surface area contributed by atoms with E-state index in [0.717, 1.165) is 0 Å². The molecule has 18 heavy (non-hydrogen) atoms. The Labute approximate surface area is 109 Å². The normalized spacial score (nSPS) is 11.4. The second kappa shape index (κ2) is 7.24. The molecule has 0 N–H and O–H groups in total. The molecule has 0 saturated heterocycles. The average Bonchev–Trinajstić information content (AvgIpc) is 2.22. The van der Waals surface area contributed by atoms with Crippen LogP contribution < -0.4 is 0 Å². The summed E-state index contributed by atoms with van der Waals surface area (Å²) in [5, 5.41) is 0. The van der Waals surface area contributed by atoms with Crippen molar-refractivity contribution in [1.82, 2.24) is 0 Å². The Morgan fingerprint density at radius 1 is 1.06 bits per heavy atom. The lowest BCUT2D eigenvalue weighted by molar-refractivity contribution is -0.384. The SMILES string of the molecule is CCOC(=O)OCC#CC(C)(C)OOC(C)(C)C. The molecule has 0 rings (SSSR count). The van der Waals surface area contributed by atoms with Crippen LogP contribution in [-0.2, 0) is 19.2 Å². The highest BCUT2D eigenvalue weighted by Gasteiger charge is 2.21. The molecule has 0 atom stereocenters. The van der Waals surface area contributed by atoms with Gasteiger partial charge in [0.1, 0.15) is 0 Å². The molecule has 5 nitrogen and oxygen atoms in total. The van der Waals surface area contributed by atoms with E-state index in [2.05, 4.69) is 16.6 Å². The number of carbonyl (C=O) groups excluding carboxylic acids is 1. The van der Waals surface area contributed by atoms with E-state index in [9.17, 15) is 4.79 Å². The lowest BCUT2D eigenvalue weighted by Gasteiger charge is -2.24. The molecule has 104 valence electrons. The van der Waals surface area contributed by atoms with Gasteiger partial charge in [-0.05, 0) is 41.5 Å². The molecule has 0 aliphatic rings. The maximum atomic E-state index is 10.9. The van der Waals surface area contributed by atoms with Gasteiger partial charge in [0.05, 0.1) is 12.2 Å². The number of rotatable bonds is 4. The first-order valence-electron chi connectivity index (χ1n) is 5.83. The topological polar surface area (TPSA) is 54.0 Å². The molecule has 0 unspecified atom stereocenters. The number of ether oxygens (including phenoxy) is 2. The molecule has 0 aliphatic heterocycles. The van der Waals surface area contributed by atoms with Crippen LogP contribution in [-0.4, -0.2) is 30.6 Å². The molecule has 0 aromatic heterocycles. The van der Waals surface area contributed by atoms with Gasteiger partial charge in [0.25, 0.3) is 0 Å². The van der Waals surface area contributed by atoms with Crippen molar-refractivity contribution in [2.45, 2.75) is 52.7 Å². The smallest absolute Gasteiger partial charge is 0.435 e. The van der Waals surface area contributed by atoms with Crippen molar-refractivity contribution in [1.29, 1.82) is 0 Å². The minimum atomic E-state index is -0.773. The van der Waals surface area contributed by atoms with E-state index in [4.69, 9.17) is 14.5 Å². The summed E-state index contributed by atoms with van der Waals surface area (Å²) in [4.78, 5) is 21.2. The standard InChI is InChI=1S/C13H22O5/c1-7-15-11(14)16-10-8-9-13(5,6)18-17-12(2,3)4/h7,10H2,1-6H3. The van der Waals surface area contributed by atoms with Crippen LogP contribution in [0.4, 0.5) is 4.79 Å². The van der Waals surface area contributed by atoms with Gasteiger partial charge in [-0.1, -0.05) is 11.8 Å². The first kappa shape index (κ1) is 16.8. The van der Waals surface area contributed by atoms with Crippen molar-refractivity contribution in [3.05, 3.63) is 0 Å². The van der Waals surface area contributed by atoms with Gasteiger partial charge in [0.15, 0.2) is 12.2 Å². The summed E-state index contributed by atoms with van der Waals surface area (Å²) in [6.45, 7) is 11.1. The van der Waals surface area contributed by atoms with Crippen LogP contribution in [0.2, 0.25) is 0 Å². The highest BCUT2D eigenvalue weighted by atomic mass is 17.2. The zero-order valence-corrected chi connectivity index (χ0v) is 12.0. The van der Waals surface area contributed by atoms with Gasteiger partial charge in [-0.2, -0.15) is 0 Å². The molecule has 0 heterocycles. The van der Waals surface area contributed by atoms with Crippen LogP contribution in [0.1, 0.15) is 41.5 Å². The third kappa shape index (κ3) is 9.94. The third-order valence-electron chi connectivity index (χ3n) is 1.41. The van der Waals surface area contributed by atoms with Gasteiger partial charge in [-0.3, -0.25) is 0 Å². The Morgan fingerprint density at radius 3 is 2.17 bits per heavy atom. The quantitative estimate of drug-likeness (QED) is 0.336. The van der Waals surface area contributed by atoms with Crippen molar-refractivity contribution in [2.24, 2.45) is 0 Å². The van der Waals surface area contributed by atoms with Gasteiger partial charge in [0, 0.05) is 0 Å². The van der Waals surface area contributed by atoms with Crippen LogP contribution in [0.3, 0.4) is 0 Å². The van der Waals surface area contributed by atoms with Crippen molar-refractivity contribution < 1.29 is 24.0 Å². The summed E-state index contributed by atoms with van der Waals surface area (Å²) in [6.07, 6.45) is -0.725. The summed E-state index contributed by atoms with van der Waals surface area (Å²) >= 11 is 0. The largest absolute Gasteiger partial charge is 0.509 e. The molecule has 0 saturated carbocycles. The number of hydrogen-bond acceptors (Lipinski definition) is 5. The molecule has 0 aliphatic carbocycles. The van der Waals surface area contributed by atoms with E-state index in [1.807, 2.05) is 20.8 Å². The van der Waals surface area contributed by atoms with E-state index >= 15 is 0 Å². The Hall–Kier alpha value is -1.25. The summed E-state index contributed by atoms with van der Waals surface area (Å²) in [7, 11) is 0. The Morgan fingerprint density at radius 2 is 1.67 bits per heavy atom. The maximum Gasteiger partial charge on any atom is 0.509 e. The molecular formula is C13H22O5. The zero-order valence-electron chi connectivity index (χ0n) is 12.0. The van der Waals surface area contributed by atoms with Gasteiger partial charge < -0.3 is 9.47 Å². The molecule has 0 bridgehead atoms. The monoisotopic (exact) mass is 258 g/mol. The Bertz CT molecular complexity index is 316. The number of hydrogen-bond donors (Lipinski definition) is 0. The molecule has 0 aromatic carbocycles. The predicted molar refractivity (Wildman–Crippen MR) is 66.8 cm³/mol. The minimum Gasteiger partial charge on any atom is -0.435 e. The molecule has 0 amide bonds. The fourth-order valence-corrected chi connectivity index (χ4v) is 0.753. The molecule has 0 fully saturated rings. The van der Waals surface area contributed by atoms with Crippen LogP contribution >= 0.6 is 0 Å². The molecule has 0 radical (unpaired) electrons. The highest BCUT2D eigenvalue weighted by molar-refractivity contribution is 5.60. The lowest BCUT2D eigenvalue weighted by atomic mass is 10.1. The van der Waals surface area contributed by atoms with Gasteiger partial charge in [-0.15, -0.1) is 0 Å². The van der Waals surface area contributed by atoms with Crippen molar-refractivity contribution in [3.8, 4) is 11.8 Å². The van der Waals surface area contributed by atoms with Crippen molar-refractivity contribution >= 4 is 6.16 Å². The lowest BCUT2D eigenvalue weighted by Crippen LogP contribution is -2.29. The second-order valence-electron chi connectivity index (χ2n) is 5.06. The van der Waals surface area contributed by atoms with Gasteiger partial charge in [-0.25, -0.2) is 14.6 Å². The van der Waals surface area contributed by atoms with E-state index < -0.39 is 17.4 Å². The Balaban J connectivity index is 4.05. The van der Waals surface area contributed by atoms with E-state index in [1.54, 1.807) is 20.8 Å². The van der Waals surface area contributed by atoms with Crippen molar-refractivity contribution in [2.75, 3.05) is 13.2 Å². The maximum absolute atomic E-state index is 10.9. The van der Waals surface area contributed by atoms with E-state index in [-0.39, 0.29) is 13.2 Å². The molecule has 0 spiro atoms. The molecule has 5 heteroatoms. The summed E-state index contributed by atoms with van der Waals surface area (Å²) in [5.74, 6) is 5.47. The third-order valence-corrected chi connectivity index (χ3v) is 1.41. The van der Waals surface area contributed by atoms with Crippen LogP contribution in [0.5, 0.6) is 0 Å². The fraction of sp³-hybridized carbons (Fsp3) is 0.769. The van der Waals surface area contributed by atoms with Crippen LogP contribution in [0, 0.1) is 11.8 Å². The Kier molecular flexibility index (Phi) is 6.74. The summed E-state index contributed by atoms with van der Waals surface area (Å²) in [6, 6.07) is 0.